The lowest BCUT2D eigenvalue weighted by molar-refractivity contribution is -0.310. The first-order valence-electron chi connectivity index (χ1n) is 14.4. The van der Waals surface area contributed by atoms with Crippen LogP contribution in [0.5, 0.6) is 0 Å². The van der Waals surface area contributed by atoms with Crippen molar-refractivity contribution < 1.29 is 18.9 Å². The molecule has 2 fully saturated rings. The molecular weight excluding hydrogens is 542 g/mol. The lowest BCUT2D eigenvalue weighted by Crippen LogP contribution is -2.63. The van der Waals surface area contributed by atoms with Crippen LogP contribution in [0, 0.1) is 0 Å². The van der Waals surface area contributed by atoms with Crippen LogP contribution in [0.1, 0.15) is 17.4 Å². The van der Waals surface area contributed by atoms with E-state index in [-0.39, 0.29) is 29.8 Å². The number of hydrogen-bond donors (Lipinski definition) is 1. The second kappa shape index (κ2) is 12.7. The molecule has 5 nitrogen and oxygen atoms in total. The zero-order valence-corrected chi connectivity index (χ0v) is 23.9. The van der Waals surface area contributed by atoms with E-state index in [1.54, 1.807) is 11.8 Å². The molecule has 0 aliphatic carbocycles. The van der Waals surface area contributed by atoms with E-state index >= 15 is 0 Å². The Morgan fingerprint density at radius 3 is 2.19 bits per heavy atom. The van der Waals surface area contributed by atoms with Gasteiger partial charge in [0.25, 0.3) is 0 Å². The molecule has 2 heterocycles. The predicted molar refractivity (Wildman–Crippen MR) is 167 cm³/mol. The van der Waals surface area contributed by atoms with E-state index in [0.29, 0.717) is 13.2 Å². The molecule has 0 radical (unpaired) electrons. The summed E-state index contributed by atoms with van der Waals surface area (Å²) in [4.78, 5) is 1.13. The highest BCUT2D eigenvalue weighted by atomic mass is 32.2. The number of nitrogens with one attached hydrogen (secondary N) is 1. The predicted octanol–water partition coefficient (Wildman–Crippen LogP) is 7.84. The molecule has 0 spiro atoms. The zero-order chi connectivity index (χ0) is 28.1. The Kier molecular flexibility index (Phi) is 8.22. The summed E-state index contributed by atoms with van der Waals surface area (Å²) < 4.78 is 26.7. The van der Waals surface area contributed by atoms with Crippen LogP contribution < -0.4 is 5.32 Å². The van der Waals surface area contributed by atoms with E-state index in [9.17, 15) is 0 Å². The second-order valence-corrected chi connectivity index (χ2v) is 11.8. The third-order valence-electron chi connectivity index (χ3n) is 7.77. The SMILES string of the molecule is c1ccc(COC2C(Nc3ccccc3)C(Sc3ccccc3)OC3COC(c4ccc5ccccc5c4)OC32)cc1. The molecule has 2 aliphatic heterocycles. The molecule has 212 valence electrons. The van der Waals surface area contributed by atoms with Crippen LogP contribution in [0.2, 0.25) is 0 Å². The summed E-state index contributed by atoms with van der Waals surface area (Å²) >= 11 is 1.70. The third-order valence-corrected chi connectivity index (χ3v) is 8.95. The highest BCUT2D eigenvalue weighted by molar-refractivity contribution is 7.99. The van der Waals surface area contributed by atoms with E-state index < -0.39 is 6.29 Å². The molecule has 0 amide bonds. The Labute approximate surface area is 250 Å². The lowest BCUT2D eigenvalue weighted by atomic mass is 9.95. The van der Waals surface area contributed by atoms with Gasteiger partial charge in [-0.05, 0) is 46.7 Å². The van der Waals surface area contributed by atoms with Crippen molar-refractivity contribution in [3.05, 3.63) is 145 Å². The molecule has 2 saturated heterocycles. The molecule has 0 bridgehead atoms. The lowest BCUT2D eigenvalue weighted by Gasteiger charge is -2.49. The van der Waals surface area contributed by atoms with Crippen LogP contribution in [0.25, 0.3) is 10.8 Å². The molecule has 42 heavy (non-hydrogen) atoms. The fraction of sp³-hybridized carbons (Fsp3) is 0.222. The maximum absolute atomic E-state index is 6.81. The smallest absolute Gasteiger partial charge is 0.184 e. The van der Waals surface area contributed by atoms with E-state index in [0.717, 1.165) is 27.1 Å². The van der Waals surface area contributed by atoms with Gasteiger partial charge in [-0.15, -0.1) is 0 Å². The van der Waals surface area contributed by atoms with Crippen molar-refractivity contribution in [2.75, 3.05) is 11.9 Å². The molecule has 0 saturated carbocycles. The van der Waals surface area contributed by atoms with E-state index in [2.05, 4.69) is 96.3 Å². The van der Waals surface area contributed by atoms with Gasteiger partial charge in [-0.3, -0.25) is 0 Å². The number of thioether (sulfide) groups is 1. The Bertz CT molecular complexity index is 1590. The number of benzene rings is 5. The molecule has 2 aliphatic rings. The Morgan fingerprint density at radius 2 is 1.40 bits per heavy atom. The quantitative estimate of drug-likeness (QED) is 0.203. The van der Waals surface area contributed by atoms with Crippen LogP contribution in [0.4, 0.5) is 5.69 Å². The molecule has 0 aromatic heterocycles. The average molecular weight is 576 g/mol. The maximum atomic E-state index is 6.81. The van der Waals surface area contributed by atoms with Crippen LogP contribution in [-0.4, -0.2) is 36.4 Å². The van der Waals surface area contributed by atoms with Gasteiger partial charge < -0.3 is 24.3 Å². The third kappa shape index (κ3) is 6.09. The van der Waals surface area contributed by atoms with Crippen molar-refractivity contribution in [3.8, 4) is 0 Å². The second-order valence-electron chi connectivity index (χ2n) is 10.6. The molecule has 5 aromatic carbocycles. The van der Waals surface area contributed by atoms with E-state index in [1.807, 2.05) is 42.5 Å². The fourth-order valence-electron chi connectivity index (χ4n) is 5.67. The minimum Gasteiger partial charge on any atom is -0.376 e. The molecule has 1 N–H and O–H groups in total. The minimum absolute atomic E-state index is 0.196. The van der Waals surface area contributed by atoms with Crippen molar-refractivity contribution in [2.45, 2.75) is 47.6 Å². The van der Waals surface area contributed by atoms with Gasteiger partial charge in [-0.25, -0.2) is 0 Å². The Morgan fingerprint density at radius 1 is 0.714 bits per heavy atom. The van der Waals surface area contributed by atoms with Crippen molar-refractivity contribution in [3.63, 3.8) is 0 Å². The largest absolute Gasteiger partial charge is 0.376 e. The summed E-state index contributed by atoms with van der Waals surface area (Å²) in [5.41, 5.74) is 2.88. The number of hydrogen-bond acceptors (Lipinski definition) is 6. The van der Waals surface area contributed by atoms with Crippen molar-refractivity contribution in [1.82, 2.24) is 0 Å². The summed E-state index contributed by atoms with van der Waals surface area (Å²) in [7, 11) is 0. The van der Waals surface area contributed by atoms with Gasteiger partial charge in [0.2, 0.25) is 0 Å². The molecule has 5 aromatic rings. The number of ether oxygens (including phenoxy) is 4. The monoisotopic (exact) mass is 575 g/mol. The number of fused-ring (bicyclic) bond motifs is 2. The molecule has 7 rings (SSSR count). The minimum atomic E-state index is -0.516. The van der Waals surface area contributed by atoms with E-state index in [4.69, 9.17) is 18.9 Å². The first kappa shape index (κ1) is 27.2. The first-order chi connectivity index (χ1) is 20.8. The molecule has 6 heteroatoms. The van der Waals surface area contributed by atoms with Crippen molar-refractivity contribution >= 4 is 28.2 Å². The summed E-state index contributed by atoms with van der Waals surface area (Å²) in [6.45, 7) is 0.881. The van der Waals surface area contributed by atoms with Gasteiger partial charge in [0.15, 0.2) is 6.29 Å². The summed E-state index contributed by atoms with van der Waals surface area (Å²) in [6, 6.07) is 45.4. The topological polar surface area (TPSA) is 49.0 Å². The van der Waals surface area contributed by atoms with E-state index in [1.165, 1.54) is 5.39 Å². The fourth-order valence-corrected chi connectivity index (χ4v) is 6.82. The van der Waals surface area contributed by atoms with Gasteiger partial charge in [-0.2, -0.15) is 0 Å². The average Bonchev–Trinajstić information content (AvgIpc) is 3.05. The highest BCUT2D eigenvalue weighted by Crippen LogP contribution is 2.41. The summed E-state index contributed by atoms with van der Waals surface area (Å²) in [5, 5.41) is 6.10. The zero-order valence-electron chi connectivity index (χ0n) is 23.1. The van der Waals surface area contributed by atoms with Gasteiger partial charge in [-0.1, -0.05) is 115 Å². The van der Waals surface area contributed by atoms with Crippen molar-refractivity contribution in [2.24, 2.45) is 0 Å². The summed E-state index contributed by atoms with van der Waals surface area (Å²) in [5.74, 6) is 0. The number of anilines is 1. The van der Waals surface area contributed by atoms with Crippen LogP contribution in [0.15, 0.2) is 138 Å². The van der Waals surface area contributed by atoms with Crippen LogP contribution >= 0.6 is 11.8 Å². The van der Waals surface area contributed by atoms with Gasteiger partial charge in [0.05, 0.1) is 19.3 Å². The first-order valence-corrected chi connectivity index (χ1v) is 15.3. The van der Waals surface area contributed by atoms with Gasteiger partial charge in [0, 0.05) is 16.1 Å². The van der Waals surface area contributed by atoms with Gasteiger partial charge in [0.1, 0.15) is 23.7 Å². The number of rotatable bonds is 8. The van der Waals surface area contributed by atoms with Crippen molar-refractivity contribution in [1.29, 1.82) is 0 Å². The van der Waals surface area contributed by atoms with Gasteiger partial charge >= 0.3 is 0 Å². The molecule has 6 unspecified atom stereocenters. The number of para-hydroxylation sites is 1. The summed E-state index contributed by atoms with van der Waals surface area (Å²) in [6.07, 6.45) is -1.44. The Hall–Kier alpha value is -3.65. The maximum Gasteiger partial charge on any atom is 0.184 e. The molecule has 6 atom stereocenters. The standard InChI is InChI=1S/C36H33NO4S/c1-4-12-25(13-5-1)23-38-34-32(37-29-16-6-2-7-17-29)36(42-30-18-8-3-9-19-30)40-31-24-39-35(41-33(31)34)28-21-20-26-14-10-11-15-27(26)22-28/h1-22,31-37H,23-24H2. The van der Waals surface area contributed by atoms with Crippen LogP contribution in [-0.2, 0) is 25.6 Å². The normalized spacial score (nSPS) is 25.5. The van der Waals surface area contributed by atoms with Crippen LogP contribution in [0.3, 0.4) is 0 Å². The highest BCUT2D eigenvalue weighted by Gasteiger charge is 2.51. The Balaban J connectivity index is 1.22. The molecular formula is C36H33NO4S.